The van der Waals surface area contributed by atoms with Crippen LogP contribution in [-0.2, 0) is 70.1 Å². The molecule has 3 saturated heterocycles. The lowest BCUT2D eigenvalue weighted by molar-refractivity contribution is -0.155. The third kappa shape index (κ3) is 22.7. The number of piperidine rings is 1. The van der Waals surface area contributed by atoms with Gasteiger partial charge in [0.25, 0.3) is 0 Å². The smallest absolute Gasteiger partial charge is 0.354 e. The molecular weight excluding hydrogens is 1310 g/mol. The fourth-order valence-corrected chi connectivity index (χ4v) is 14.9. The summed E-state index contributed by atoms with van der Waals surface area (Å²) in [6, 6.07) is -4.95. The first-order valence-electron chi connectivity index (χ1n) is 36.0. The molecule has 0 aromatic heterocycles. The van der Waals surface area contributed by atoms with Crippen LogP contribution in [0.4, 0.5) is 13.2 Å². The first-order chi connectivity index (χ1) is 46.8. The van der Waals surface area contributed by atoms with Crippen LogP contribution >= 0.6 is 11.6 Å². The van der Waals surface area contributed by atoms with Crippen molar-refractivity contribution < 1.29 is 70.7 Å². The predicted octanol–water partition coefficient (Wildman–Crippen LogP) is 5.94. The molecule has 0 spiro atoms. The number of nitrogens with zero attached hydrogens (tertiary/aromatic N) is 8. The molecule has 5 fully saturated rings. The number of amides is 12. The van der Waals surface area contributed by atoms with Gasteiger partial charge in [-0.3, -0.25) is 57.5 Å². The number of fused-ring (bicyclic) bond motifs is 1. The van der Waals surface area contributed by atoms with Gasteiger partial charge in [0.1, 0.15) is 42.3 Å². The molecule has 5 aliphatic rings. The number of carbonyl (C=O) groups excluding carboxylic acids is 12. The predicted molar refractivity (Wildman–Crippen MR) is 366 cm³/mol. The molecule has 6 rings (SSSR count). The van der Waals surface area contributed by atoms with Crippen molar-refractivity contribution in [3.8, 4) is 0 Å². The lowest BCUT2D eigenvalue weighted by atomic mass is 9.82. The molecule has 12 amide bonds. The molecule has 8 atom stereocenters. The summed E-state index contributed by atoms with van der Waals surface area (Å²) in [5.41, 5.74) is -0.729. The minimum atomic E-state index is -4.74. The highest BCUT2D eigenvalue weighted by Crippen LogP contribution is 2.36. The van der Waals surface area contributed by atoms with E-state index >= 15 is 4.79 Å². The number of alkyl halides is 3. The van der Waals surface area contributed by atoms with Gasteiger partial charge in [-0.25, -0.2) is 0 Å². The number of hydrogen-bond acceptors (Lipinski definition) is 12. The number of carbonyl (C=O) groups is 12. The summed E-state index contributed by atoms with van der Waals surface area (Å²) < 4.78 is 41.2. The number of likely N-dealkylation sites (N-methyl/N-ethyl adjacent to an activating group) is 6. The zero-order chi connectivity index (χ0) is 73.0. The zero-order valence-corrected chi connectivity index (χ0v) is 60.7. The first-order valence-corrected chi connectivity index (χ1v) is 36.3. The van der Waals surface area contributed by atoms with Crippen molar-refractivity contribution in [2.24, 2.45) is 23.7 Å². The Labute approximate surface area is 587 Å². The number of nitrogens with one attached hydrogen (secondary N) is 4. The Morgan fingerprint density at radius 2 is 1.25 bits per heavy atom. The van der Waals surface area contributed by atoms with E-state index in [0.29, 0.717) is 50.8 Å². The maximum atomic E-state index is 15.3. The van der Waals surface area contributed by atoms with Crippen molar-refractivity contribution >= 4 is 82.5 Å². The maximum absolute atomic E-state index is 15.3. The third-order valence-corrected chi connectivity index (χ3v) is 21.3. The molecule has 0 unspecified atom stereocenters. The summed E-state index contributed by atoms with van der Waals surface area (Å²) in [5, 5.41) is 10.6. The summed E-state index contributed by atoms with van der Waals surface area (Å²) in [6.45, 7) is 6.64. The normalized spacial score (nSPS) is 26.1. The second-order valence-electron chi connectivity index (χ2n) is 28.8. The van der Waals surface area contributed by atoms with E-state index in [-0.39, 0.29) is 81.7 Å². The van der Waals surface area contributed by atoms with Gasteiger partial charge >= 0.3 is 6.18 Å². The topological polar surface area (TPSA) is 279 Å². The van der Waals surface area contributed by atoms with Gasteiger partial charge in [0.05, 0.1) is 36.6 Å². The Kier molecular flexibility index (Phi) is 31.1. The standard InChI is InChI=1S/C71H110ClF3N12O12/c1-11-46(4)62-66(95)77-42-60(91)80(5)44-61(92)83(8)55(40-47-24-15-12-16-25-47)68(97)81(6)43-57(88)78-52(33-31-48-30-32-50(51(72)39-48)71(73,74)75)67(96)87-37-23-28-53(87)64(93)76-34-20-19-29-58(89)85(10)63(49-26-17-13-18-27-49)70(99)84(9)56(69(98)86-35-21-14-22-36-86)41-59(90)82(7)54(38-45(2)3)65(94)79-62/h30,32,39,45-47,49,52-56,62-63H,11-29,31,33-38,40-44H2,1-10H3,(H,76,93)(H,77,95)(H,78,88)(H,79,94)/t46-,52-,53-,54-,55-,56-,62-,63-/m0/s1. The highest BCUT2D eigenvalue weighted by molar-refractivity contribution is 6.31. The van der Waals surface area contributed by atoms with Crippen molar-refractivity contribution in [1.29, 1.82) is 0 Å². The van der Waals surface area contributed by atoms with E-state index in [1.165, 1.54) is 65.8 Å². The Morgan fingerprint density at radius 3 is 1.88 bits per heavy atom. The molecule has 28 heteroatoms. The summed E-state index contributed by atoms with van der Waals surface area (Å²) in [5.74, 6) is -8.03. The Morgan fingerprint density at radius 1 is 0.616 bits per heavy atom. The van der Waals surface area contributed by atoms with Gasteiger partial charge < -0.3 is 60.5 Å². The molecule has 2 aliphatic carbocycles. The molecule has 2 saturated carbocycles. The number of aryl methyl sites for hydroxylation is 1. The van der Waals surface area contributed by atoms with E-state index in [4.69, 9.17) is 11.6 Å². The summed E-state index contributed by atoms with van der Waals surface area (Å²) in [6.07, 6.45) is 7.15. The molecule has 0 radical (unpaired) electrons. The van der Waals surface area contributed by atoms with Crippen molar-refractivity contribution in [2.45, 2.75) is 230 Å². The number of benzene rings is 1. The minimum absolute atomic E-state index is 0.0172. The van der Waals surface area contributed by atoms with Crippen LogP contribution in [0.1, 0.15) is 187 Å². The molecule has 1 aromatic rings. The Hall–Kier alpha value is -7.06. The van der Waals surface area contributed by atoms with Crippen molar-refractivity contribution in [3.63, 3.8) is 0 Å². The number of likely N-dealkylation sites (tertiary alicyclic amines) is 1. The molecule has 3 aliphatic heterocycles. The molecule has 24 nitrogen and oxygen atoms in total. The minimum Gasteiger partial charge on any atom is -0.354 e. The van der Waals surface area contributed by atoms with Gasteiger partial charge in [0, 0.05) is 74.9 Å². The van der Waals surface area contributed by atoms with Crippen molar-refractivity contribution in [2.75, 3.05) is 88.1 Å². The number of rotatable bonds is 11. The number of hydrogen-bond donors (Lipinski definition) is 4. The van der Waals surface area contributed by atoms with Crippen molar-refractivity contribution in [3.05, 3.63) is 34.3 Å². The second kappa shape index (κ2) is 38.1. The van der Waals surface area contributed by atoms with Crippen LogP contribution in [0, 0.1) is 23.7 Å². The molecule has 4 N–H and O–H groups in total. The second-order valence-corrected chi connectivity index (χ2v) is 29.2. The van der Waals surface area contributed by atoms with E-state index in [1.54, 1.807) is 18.9 Å². The van der Waals surface area contributed by atoms with Gasteiger partial charge in [0.15, 0.2) is 0 Å². The van der Waals surface area contributed by atoms with E-state index in [0.717, 1.165) is 92.6 Å². The van der Waals surface area contributed by atoms with Crippen LogP contribution in [0.3, 0.4) is 0 Å². The fourth-order valence-electron chi connectivity index (χ4n) is 14.5. The van der Waals surface area contributed by atoms with E-state index in [1.807, 2.05) is 20.8 Å². The molecule has 99 heavy (non-hydrogen) atoms. The monoisotopic (exact) mass is 1410 g/mol. The highest BCUT2D eigenvalue weighted by atomic mass is 35.5. The van der Waals surface area contributed by atoms with Crippen LogP contribution < -0.4 is 21.3 Å². The molecule has 0 bridgehead atoms. The van der Waals surface area contributed by atoms with Crippen LogP contribution in [-0.4, -0.2) is 240 Å². The largest absolute Gasteiger partial charge is 0.417 e. The maximum Gasteiger partial charge on any atom is 0.417 e. The van der Waals surface area contributed by atoms with E-state index < -0.39 is 156 Å². The van der Waals surface area contributed by atoms with E-state index in [2.05, 4.69) is 21.3 Å². The van der Waals surface area contributed by atoms with Crippen LogP contribution in [0.15, 0.2) is 18.2 Å². The zero-order valence-electron chi connectivity index (χ0n) is 60.0. The fraction of sp³-hybridized carbons (Fsp3) is 0.746. The molecular formula is C71H110ClF3N12O12. The average molecular weight is 1420 g/mol. The van der Waals surface area contributed by atoms with Crippen LogP contribution in [0.25, 0.3) is 0 Å². The third-order valence-electron chi connectivity index (χ3n) is 21.0. The average Bonchev–Trinajstić information content (AvgIpc) is 1.35. The molecule has 3 heterocycles. The molecule has 554 valence electrons. The summed E-state index contributed by atoms with van der Waals surface area (Å²) >= 11 is 6.10. The lowest BCUT2D eigenvalue weighted by Gasteiger charge is -2.41. The van der Waals surface area contributed by atoms with Gasteiger partial charge in [-0.1, -0.05) is 103 Å². The number of halogens is 4. The Balaban J connectivity index is 1.33. The summed E-state index contributed by atoms with van der Waals surface area (Å²) in [7, 11) is 8.67. The van der Waals surface area contributed by atoms with Gasteiger partial charge in [-0.2, -0.15) is 13.2 Å². The van der Waals surface area contributed by atoms with E-state index in [9.17, 15) is 65.9 Å². The van der Waals surface area contributed by atoms with Crippen molar-refractivity contribution in [1.82, 2.24) is 60.5 Å². The lowest BCUT2D eigenvalue weighted by Crippen LogP contribution is -2.59. The highest BCUT2D eigenvalue weighted by Gasteiger charge is 2.45. The van der Waals surface area contributed by atoms with Crippen LogP contribution in [0.5, 0.6) is 0 Å². The molecule has 1 aromatic carbocycles. The Bertz CT molecular complexity index is 3000. The van der Waals surface area contributed by atoms with Gasteiger partial charge in [-0.15, -0.1) is 0 Å². The quantitative estimate of drug-likeness (QED) is 0.200. The first kappa shape index (κ1) is 80.9. The summed E-state index contributed by atoms with van der Waals surface area (Å²) in [4.78, 5) is 185. The van der Waals surface area contributed by atoms with Gasteiger partial charge in [0.2, 0.25) is 70.9 Å². The van der Waals surface area contributed by atoms with Crippen LogP contribution in [0.2, 0.25) is 5.02 Å². The van der Waals surface area contributed by atoms with Gasteiger partial charge in [-0.05, 0) is 125 Å². The SMILES string of the molecule is CC[C@H](C)[C@@H]1NC(=O)[C@H](CC(C)C)N(C)C(=O)C[C@@H](C(=O)N2CCCCC2)N(C)C(=O)[C@H](C2CCCCC2)N(C)C(=O)CCCCNC(=O)[C@@H]2CCCN2C(=O)[C@H](CCc2ccc(C(F)(F)F)c(Cl)c2)NC(=O)CN(C)C(=O)[C@H](CC2CCCCC2)N(C)C(=O)CN(C)C(=O)CNC1=O.